The molecule has 0 heterocycles. The smallest absolute Gasteiger partial charge is 0.0463 e. The fourth-order valence-electron chi connectivity index (χ4n) is 2.78. The Kier molecular flexibility index (Phi) is 4.42. The summed E-state index contributed by atoms with van der Waals surface area (Å²) in [5, 5.41) is 0.734. The molecule has 0 aromatic heterocycles. The predicted octanol–water partition coefficient (Wildman–Crippen LogP) is 4.95. The summed E-state index contributed by atoms with van der Waals surface area (Å²) in [5.74, 6) is 1.71. The molecule has 2 rings (SSSR count). The highest BCUT2D eigenvalue weighted by Gasteiger charge is 2.24. The molecule has 1 aromatic carbocycles. The zero-order chi connectivity index (χ0) is 12.4. The lowest BCUT2D eigenvalue weighted by Crippen LogP contribution is -2.21. The van der Waals surface area contributed by atoms with Crippen LogP contribution < -0.4 is 5.73 Å². The maximum atomic E-state index is 6.06. The van der Waals surface area contributed by atoms with Crippen LogP contribution in [0.5, 0.6) is 0 Å². The van der Waals surface area contributed by atoms with Gasteiger partial charge >= 0.3 is 0 Å². The van der Waals surface area contributed by atoms with Crippen molar-refractivity contribution in [3.05, 3.63) is 22.7 Å². The highest BCUT2D eigenvalue weighted by atomic mass is 79.9. The summed E-state index contributed by atoms with van der Waals surface area (Å²) in [6.45, 7) is 4.74. The van der Waals surface area contributed by atoms with Gasteiger partial charge < -0.3 is 5.73 Å². The van der Waals surface area contributed by atoms with E-state index in [4.69, 9.17) is 5.73 Å². The highest BCUT2D eigenvalue weighted by Crippen LogP contribution is 2.40. The van der Waals surface area contributed by atoms with Gasteiger partial charge in [-0.2, -0.15) is 0 Å². The molecule has 2 unspecified atom stereocenters. The van der Waals surface area contributed by atoms with Crippen molar-refractivity contribution in [3.63, 3.8) is 0 Å². The van der Waals surface area contributed by atoms with Crippen molar-refractivity contribution in [2.45, 2.75) is 43.3 Å². The third-order valence-corrected chi connectivity index (χ3v) is 5.24. The molecule has 1 aliphatic rings. The van der Waals surface area contributed by atoms with Crippen LogP contribution in [0.2, 0.25) is 0 Å². The summed E-state index contributed by atoms with van der Waals surface area (Å²) in [4.78, 5) is 1.24. The number of nitrogen functional groups attached to an aromatic ring is 1. The first kappa shape index (κ1) is 13.3. The van der Waals surface area contributed by atoms with E-state index in [9.17, 15) is 0 Å². The van der Waals surface area contributed by atoms with Crippen molar-refractivity contribution in [3.8, 4) is 0 Å². The first-order valence-electron chi connectivity index (χ1n) is 6.26. The SMILES string of the molecule is CC1CC(C)CC(Sc2ccc(Br)cc2N)C1. The van der Waals surface area contributed by atoms with Crippen LogP contribution in [0.3, 0.4) is 0 Å². The Labute approximate surface area is 117 Å². The summed E-state index contributed by atoms with van der Waals surface area (Å²) in [6, 6.07) is 6.21. The Hall–Kier alpha value is -0.150. The lowest BCUT2D eigenvalue weighted by Gasteiger charge is -2.31. The summed E-state index contributed by atoms with van der Waals surface area (Å²) in [7, 11) is 0. The van der Waals surface area contributed by atoms with Gasteiger partial charge in [-0.15, -0.1) is 11.8 Å². The zero-order valence-electron chi connectivity index (χ0n) is 10.4. The van der Waals surface area contributed by atoms with Crippen LogP contribution in [0.1, 0.15) is 33.1 Å². The van der Waals surface area contributed by atoms with Crippen LogP contribution in [0.4, 0.5) is 5.69 Å². The van der Waals surface area contributed by atoms with E-state index in [2.05, 4.69) is 41.9 Å². The largest absolute Gasteiger partial charge is 0.398 e. The molecule has 3 heteroatoms. The van der Waals surface area contributed by atoms with Crippen molar-refractivity contribution < 1.29 is 0 Å². The Balaban J connectivity index is 2.04. The van der Waals surface area contributed by atoms with Crippen LogP contribution in [-0.4, -0.2) is 5.25 Å². The summed E-state index contributed by atoms with van der Waals surface area (Å²) in [5.41, 5.74) is 6.96. The van der Waals surface area contributed by atoms with E-state index in [-0.39, 0.29) is 0 Å². The molecule has 0 spiro atoms. The van der Waals surface area contributed by atoms with Crippen LogP contribution in [0.25, 0.3) is 0 Å². The maximum absolute atomic E-state index is 6.06. The van der Waals surface area contributed by atoms with E-state index in [1.165, 1.54) is 24.2 Å². The van der Waals surface area contributed by atoms with Gasteiger partial charge in [-0.05, 0) is 49.3 Å². The van der Waals surface area contributed by atoms with Crippen LogP contribution in [0, 0.1) is 11.8 Å². The van der Waals surface area contributed by atoms with Gasteiger partial charge in [0.2, 0.25) is 0 Å². The molecule has 94 valence electrons. The molecule has 2 N–H and O–H groups in total. The molecule has 1 aliphatic carbocycles. The average Bonchev–Trinajstić information content (AvgIpc) is 2.21. The van der Waals surface area contributed by atoms with Gasteiger partial charge in [-0.3, -0.25) is 0 Å². The molecule has 1 nitrogen and oxygen atoms in total. The molecule has 2 atom stereocenters. The second-order valence-corrected chi connectivity index (χ2v) is 7.60. The lowest BCUT2D eigenvalue weighted by molar-refractivity contribution is 0.309. The van der Waals surface area contributed by atoms with Gasteiger partial charge in [-0.25, -0.2) is 0 Å². The molecule has 1 fully saturated rings. The number of nitrogens with two attached hydrogens (primary N) is 1. The first-order chi connectivity index (χ1) is 8.04. The molecule has 1 saturated carbocycles. The number of thioether (sulfide) groups is 1. The van der Waals surface area contributed by atoms with Gasteiger partial charge in [0.1, 0.15) is 0 Å². The molecule has 1 aromatic rings. The van der Waals surface area contributed by atoms with Crippen molar-refractivity contribution >= 4 is 33.4 Å². The fraction of sp³-hybridized carbons (Fsp3) is 0.571. The van der Waals surface area contributed by atoms with E-state index < -0.39 is 0 Å². The van der Waals surface area contributed by atoms with Crippen molar-refractivity contribution in [2.75, 3.05) is 5.73 Å². The van der Waals surface area contributed by atoms with Gasteiger partial charge in [0, 0.05) is 20.3 Å². The Morgan fingerprint density at radius 3 is 2.41 bits per heavy atom. The van der Waals surface area contributed by atoms with Gasteiger partial charge in [0.05, 0.1) is 0 Å². The van der Waals surface area contributed by atoms with Gasteiger partial charge in [0.25, 0.3) is 0 Å². The van der Waals surface area contributed by atoms with E-state index >= 15 is 0 Å². The van der Waals surface area contributed by atoms with Crippen LogP contribution in [-0.2, 0) is 0 Å². The van der Waals surface area contributed by atoms with E-state index in [0.29, 0.717) is 0 Å². The highest BCUT2D eigenvalue weighted by molar-refractivity contribution is 9.10. The molecule has 0 bridgehead atoms. The van der Waals surface area contributed by atoms with Gasteiger partial charge in [0.15, 0.2) is 0 Å². The molecule has 0 saturated heterocycles. The second-order valence-electron chi connectivity index (χ2n) is 5.34. The third kappa shape index (κ3) is 3.65. The van der Waals surface area contributed by atoms with E-state index in [1.54, 1.807) is 0 Å². The fourth-order valence-corrected chi connectivity index (χ4v) is 4.70. The minimum atomic E-state index is 0.734. The molecule has 0 aliphatic heterocycles. The average molecular weight is 314 g/mol. The summed E-state index contributed by atoms with van der Waals surface area (Å²) >= 11 is 5.41. The Morgan fingerprint density at radius 1 is 1.18 bits per heavy atom. The van der Waals surface area contributed by atoms with Crippen LogP contribution in [0.15, 0.2) is 27.6 Å². The number of anilines is 1. The molecular formula is C14H20BrNS. The number of hydrogen-bond acceptors (Lipinski definition) is 2. The normalized spacial score (nSPS) is 29.2. The third-order valence-electron chi connectivity index (χ3n) is 3.40. The van der Waals surface area contributed by atoms with Gasteiger partial charge in [-0.1, -0.05) is 29.8 Å². The van der Waals surface area contributed by atoms with E-state index in [1.807, 2.05) is 17.8 Å². The number of halogens is 1. The first-order valence-corrected chi connectivity index (χ1v) is 7.93. The Bertz CT molecular complexity index is 384. The lowest BCUT2D eigenvalue weighted by atomic mass is 9.83. The van der Waals surface area contributed by atoms with Crippen molar-refractivity contribution in [1.29, 1.82) is 0 Å². The van der Waals surface area contributed by atoms with Crippen molar-refractivity contribution in [2.24, 2.45) is 11.8 Å². The molecular weight excluding hydrogens is 294 g/mol. The monoisotopic (exact) mass is 313 g/mol. The zero-order valence-corrected chi connectivity index (χ0v) is 12.9. The maximum Gasteiger partial charge on any atom is 0.0463 e. The molecule has 0 amide bonds. The standard InChI is InChI=1S/C14H20BrNS/c1-9-5-10(2)7-12(6-9)17-14-4-3-11(15)8-13(14)16/h3-4,8-10,12H,5-7,16H2,1-2H3. The predicted molar refractivity (Wildman–Crippen MR) is 80.4 cm³/mol. The van der Waals surface area contributed by atoms with Crippen LogP contribution >= 0.6 is 27.7 Å². The number of hydrogen-bond donors (Lipinski definition) is 1. The van der Waals surface area contributed by atoms with Crippen molar-refractivity contribution in [1.82, 2.24) is 0 Å². The minimum Gasteiger partial charge on any atom is -0.398 e. The minimum absolute atomic E-state index is 0.734. The quantitative estimate of drug-likeness (QED) is 0.782. The summed E-state index contributed by atoms with van der Waals surface area (Å²) < 4.78 is 1.06. The Morgan fingerprint density at radius 2 is 1.82 bits per heavy atom. The molecule has 0 radical (unpaired) electrons. The molecule has 17 heavy (non-hydrogen) atoms. The van der Waals surface area contributed by atoms with E-state index in [0.717, 1.165) is 27.2 Å². The number of benzene rings is 1. The number of rotatable bonds is 2. The topological polar surface area (TPSA) is 26.0 Å². The summed E-state index contributed by atoms with van der Waals surface area (Å²) in [6.07, 6.45) is 4.03. The second kappa shape index (κ2) is 5.66.